The number of carbonyl (C=O) groups excluding carboxylic acids is 2. The summed E-state index contributed by atoms with van der Waals surface area (Å²) in [5.74, 6) is 1.85. The SMILES string of the molecule is C=C(C)[C@@H]1CC[C@]2(CC(=O)NCCCN3CCCC3)CC[C@]3(C)[C@H](CC[C@@H]4[C@@]5(C)CC[C@H](OC(=O)CC(C)(C)CC(=O)O)C(C)(C)[C@@H]5CC[C@]43C)[C@@H]12. The zero-order valence-corrected chi connectivity index (χ0v) is 34.3. The number of hydrogen-bond donors (Lipinski definition) is 2. The van der Waals surface area contributed by atoms with E-state index < -0.39 is 11.4 Å². The fourth-order valence-electron chi connectivity index (χ4n) is 14.8. The van der Waals surface area contributed by atoms with Crippen LogP contribution in [0.2, 0.25) is 0 Å². The van der Waals surface area contributed by atoms with Gasteiger partial charge in [0.1, 0.15) is 6.10 Å². The van der Waals surface area contributed by atoms with Gasteiger partial charge >= 0.3 is 11.9 Å². The van der Waals surface area contributed by atoms with Gasteiger partial charge in [-0.05, 0) is 167 Å². The van der Waals surface area contributed by atoms with Crippen molar-refractivity contribution in [3.63, 3.8) is 0 Å². The molecule has 1 amide bonds. The average molecular weight is 723 g/mol. The van der Waals surface area contributed by atoms with Crippen LogP contribution < -0.4 is 5.32 Å². The third kappa shape index (κ3) is 6.93. The normalized spacial score (nSPS) is 41.2. The second kappa shape index (κ2) is 14.3. The first kappa shape index (κ1) is 39.8. The van der Waals surface area contributed by atoms with E-state index in [4.69, 9.17) is 4.74 Å². The van der Waals surface area contributed by atoms with Crippen LogP contribution >= 0.6 is 0 Å². The highest BCUT2D eigenvalue weighted by molar-refractivity contribution is 5.77. The second-order valence-electron chi connectivity index (χ2n) is 21.2. The molecule has 1 aliphatic heterocycles. The molecule has 5 aliphatic carbocycles. The second-order valence-corrected chi connectivity index (χ2v) is 21.2. The number of allylic oxidation sites excluding steroid dienone is 1. The maximum atomic E-state index is 13.7. The number of aliphatic carboxylic acids is 1. The predicted molar refractivity (Wildman–Crippen MR) is 207 cm³/mol. The Morgan fingerprint density at radius 1 is 0.865 bits per heavy atom. The lowest BCUT2D eigenvalue weighted by molar-refractivity contribution is -0.250. The first-order chi connectivity index (χ1) is 24.3. The van der Waals surface area contributed by atoms with E-state index in [0.29, 0.717) is 36.0 Å². The molecule has 0 bridgehead atoms. The minimum absolute atomic E-state index is 0.0435. The third-order valence-electron chi connectivity index (χ3n) is 17.4. The minimum atomic E-state index is -0.879. The van der Waals surface area contributed by atoms with Crippen molar-refractivity contribution in [2.75, 3.05) is 26.2 Å². The highest BCUT2D eigenvalue weighted by Crippen LogP contribution is 2.78. The van der Waals surface area contributed by atoms with Crippen LogP contribution in [-0.2, 0) is 19.1 Å². The van der Waals surface area contributed by atoms with Crippen LogP contribution in [0.3, 0.4) is 0 Å². The van der Waals surface area contributed by atoms with E-state index in [1.807, 2.05) is 13.8 Å². The van der Waals surface area contributed by atoms with E-state index in [1.54, 1.807) is 0 Å². The van der Waals surface area contributed by atoms with Gasteiger partial charge in [-0.25, -0.2) is 0 Å². The largest absolute Gasteiger partial charge is 0.481 e. The van der Waals surface area contributed by atoms with Gasteiger partial charge in [0, 0.05) is 18.4 Å². The van der Waals surface area contributed by atoms with Crippen molar-refractivity contribution >= 4 is 17.8 Å². The van der Waals surface area contributed by atoms with Gasteiger partial charge in [0.15, 0.2) is 0 Å². The maximum absolute atomic E-state index is 13.7. The van der Waals surface area contributed by atoms with Crippen molar-refractivity contribution in [1.29, 1.82) is 0 Å². The number of amides is 1. The van der Waals surface area contributed by atoms with Crippen molar-refractivity contribution in [3.8, 4) is 0 Å². The molecule has 6 fully saturated rings. The summed E-state index contributed by atoms with van der Waals surface area (Å²) in [6.07, 6.45) is 15.8. The van der Waals surface area contributed by atoms with Gasteiger partial charge in [0.25, 0.3) is 0 Å². The van der Waals surface area contributed by atoms with Crippen molar-refractivity contribution in [2.45, 2.75) is 164 Å². The van der Waals surface area contributed by atoms with Crippen LogP contribution in [0.4, 0.5) is 0 Å². The molecule has 0 aromatic rings. The molecule has 6 rings (SSSR count). The summed E-state index contributed by atoms with van der Waals surface area (Å²) in [6.45, 7) is 27.4. The molecule has 10 atom stereocenters. The molecule has 0 aromatic heterocycles. The molecule has 5 saturated carbocycles. The van der Waals surface area contributed by atoms with Gasteiger partial charge in [0.05, 0.1) is 12.8 Å². The average Bonchev–Trinajstić information content (AvgIpc) is 3.69. The number of carboxylic acid groups (broad SMARTS) is 1. The standard InChI is InChI=1S/C45H74N2O5/c1-30(2)31-15-20-45(27-36(48)46-23-12-26-47-24-10-11-25-47)22-21-43(8)32(39(31)45)13-14-34-42(7)18-17-35(41(5,6)33(42)16-19-44(34,43)9)52-38(51)29-40(3,4)28-37(49)50/h31-35,39H,1,10-29H2,2-9H3,(H,46,48)(H,49,50)/t31-,32+,33-,34+,35-,39+,42-,43+,44+,45+/m0/s1. The smallest absolute Gasteiger partial charge is 0.306 e. The van der Waals surface area contributed by atoms with Crippen LogP contribution in [0.5, 0.6) is 0 Å². The van der Waals surface area contributed by atoms with Crippen LogP contribution in [0, 0.1) is 62.1 Å². The number of esters is 1. The molecular weight excluding hydrogens is 649 g/mol. The topological polar surface area (TPSA) is 95.9 Å². The number of nitrogens with zero attached hydrogens (tertiary/aromatic N) is 1. The van der Waals surface area contributed by atoms with Gasteiger partial charge in [-0.1, -0.05) is 60.6 Å². The number of likely N-dealkylation sites (tertiary alicyclic amines) is 1. The highest BCUT2D eigenvalue weighted by Gasteiger charge is 2.71. The van der Waals surface area contributed by atoms with Crippen molar-refractivity contribution in [3.05, 3.63) is 12.2 Å². The zero-order chi connectivity index (χ0) is 37.9. The van der Waals surface area contributed by atoms with Crippen molar-refractivity contribution < 1.29 is 24.2 Å². The van der Waals surface area contributed by atoms with Crippen LogP contribution in [0.25, 0.3) is 0 Å². The summed E-state index contributed by atoms with van der Waals surface area (Å²) in [4.78, 5) is 40.9. The first-order valence-electron chi connectivity index (χ1n) is 21.3. The molecule has 7 heteroatoms. The molecule has 294 valence electrons. The number of ether oxygens (including phenoxy) is 1. The monoisotopic (exact) mass is 723 g/mol. The maximum Gasteiger partial charge on any atom is 0.306 e. The summed E-state index contributed by atoms with van der Waals surface area (Å²) < 4.78 is 6.29. The molecule has 1 saturated heterocycles. The Balaban J connectivity index is 1.17. The Hall–Kier alpha value is -1.89. The van der Waals surface area contributed by atoms with Gasteiger partial charge in [0.2, 0.25) is 5.91 Å². The Bertz CT molecular complexity index is 1380. The zero-order valence-electron chi connectivity index (χ0n) is 34.3. The minimum Gasteiger partial charge on any atom is -0.481 e. The molecule has 1 heterocycles. The molecule has 0 unspecified atom stereocenters. The molecule has 0 spiro atoms. The van der Waals surface area contributed by atoms with Crippen LogP contribution in [0.1, 0.15) is 158 Å². The third-order valence-corrected chi connectivity index (χ3v) is 17.4. The lowest BCUT2D eigenvalue weighted by Gasteiger charge is -2.73. The predicted octanol–water partition coefficient (Wildman–Crippen LogP) is 9.44. The number of fused-ring (bicyclic) bond motifs is 7. The lowest BCUT2D eigenvalue weighted by Crippen LogP contribution is -2.67. The van der Waals surface area contributed by atoms with E-state index in [0.717, 1.165) is 51.6 Å². The number of carbonyl (C=O) groups is 3. The molecule has 0 aromatic carbocycles. The van der Waals surface area contributed by atoms with Crippen LogP contribution in [-0.4, -0.2) is 60.1 Å². The van der Waals surface area contributed by atoms with Crippen LogP contribution in [0.15, 0.2) is 12.2 Å². The highest BCUT2D eigenvalue weighted by atomic mass is 16.5. The van der Waals surface area contributed by atoms with Crippen molar-refractivity contribution in [1.82, 2.24) is 10.2 Å². The van der Waals surface area contributed by atoms with Gasteiger partial charge in [-0.15, -0.1) is 0 Å². The van der Waals surface area contributed by atoms with Gasteiger partial charge in [-0.3, -0.25) is 14.4 Å². The Kier molecular flexibility index (Phi) is 11.0. The molecule has 7 nitrogen and oxygen atoms in total. The fraction of sp³-hybridized carbons (Fsp3) is 0.889. The van der Waals surface area contributed by atoms with Gasteiger partial charge < -0.3 is 20.1 Å². The number of carboxylic acids is 1. The summed E-state index contributed by atoms with van der Waals surface area (Å²) in [7, 11) is 0. The fourth-order valence-corrected chi connectivity index (χ4v) is 14.8. The Labute approximate surface area is 316 Å². The molecular formula is C45H74N2O5. The molecule has 6 aliphatic rings. The van der Waals surface area contributed by atoms with Crippen molar-refractivity contribution in [2.24, 2.45) is 62.1 Å². The first-order valence-corrected chi connectivity index (χ1v) is 21.3. The number of hydrogen-bond acceptors (Lipinski definition) is 5. The Morgan fingerprint density at radius 2 is 1.58 bits per heavy atom. The van der Waals surface area contributed by atoms with E-state index in [2.05, 4.69) is 58.3 Å². The summed E-state index contributed by atoms with van der Waals surface area (Å²) in [5, 5.41) is 12.7. The quantitative estimate of drug-likeness (QED) is 0.118. The summed E-state index contributed by atoms with van der Waals surface area (Å²) >= 11 is 0. The lowest BCUT2D eigenvalue weighted by atomic mass is 9.32. The van der Waals surface area contributed by atoms with Gasteiger partial charge in [-0.2, -0.15) is 0 Å². The van der Waals surface area contributed by atoms with E-state index in [9.17, 15) is 19.5 Å². The summed E-state index contributed by atoms with van der Waals surface area (Å²) in [5.41, 5.74) is 1.22. The van der Waals surface area contributed by atoms with E-state index in [1.165, 1.54) is 63.6 Å². The molecule has 52 heavy (non-hydrogen) atoms. The summed E-state index contributed by atoms with van der Waals surface area (Å²) in [6, 6.07) is 0. The Morgan fingerprint density at radius 3 is 2.25 bits per heavy atom. The molecule has 2 N–H and O–H groups in total. The molecule has 0 radical (unpaired) electrons. The number of rotatable bonds is 12. The number of nitrogens with one attached hydrogen (secondary N) is 1. The van der Waals surface area contributed by atoms with E-state index in [-0.39, 0.29) is 57.9 Å². The van der Waals surface area contributed by atoms with E-state index >= 15 is 0 Å².